The second kappa shape index (κ2) is 13.4. The van der Waals surface area contributed by atoms with Crippen LogP contribution in [0, 0.1) is 34.4 Å². The van der Waals surface area contributed by atoms with Crippen molar-refractivity contribution in [3.05, 3.63) is 30.3 Å². The van der Waals surface area contributed by atoms with Crippen molar-refractivity contribution in [2.45, 2.75) is 78.6 Å². The Labute approximate surface area is 156 Å². The van der Waals surface area contributed by atoms with Crippen molar-refractivity contribution in [3.8, 4) is 34.4 Å². The van der Waals surface area contributed by atoms with Gasteiger partial charge in [0.25, 0.3) is 0 Å². The molecule has 0 nitrogen and oxygen atoms in total. The van der Waals surface area contributed by atoms with Gasteiger partial charge in [-0.25, -0.2) is 0 Å². The number of benzene rings is 1. The van der Waals surface area contributed by atoms with Crippen molar-refractivity contribution in [1.82, 2.24) is 0 Å². The van der Waals surface area contributed by atoms with Gasteiger partial charge in [-0.3, -0.25) is 0 Å². The molecule has 0 aromatic heterocycles. The van der Waals surface area contributed by atoms with Gasteiger partial charge in [0.05, 0.1) is 0 Å². The van der Waals surface area contributed by atoms with Gasteiger partial charge < -0.3 is 0 Å². The lowest BCUT2D eigenvalue weighted by Crippen LogP contribution is -2.45. The molecule has 0 bridgehead atoms. The van der Waals surface area contributed by atoms with E-state index in [1.807, 2.05) is 0 Å². The summed E-state index contributed by atoms with van der Waals surface area (Å²) in [5.41, 5.74) is 10.7. The van der Waals surface area contributed by atoms with Crippen LogP contribution in [0.1, 0.15) is 78.6 Å². The molecule has 0 N–H and O–H groups in total. The van der Waals surface area contributed by atoms with E-state index in [0.29, 0.717) is 0 Å². The van der Waals surface area contributed by atoms with Crippen LogP contribution in [-0.4, -0.2) is 8.07 Å². The fourth-order valence-corrected chi connectivity index (χ4v) is 4.86. The van der Waals surface area contributed by atoms with Crippen LogP contribution < -0.4 is 5.19 Å². The third kappa shape index (κ3) is 8.16. The smallest absolute Gasteiger partial charge is 0.108 e. The summed E-state index contributed by atoms with van der Waals surface area (Å²) in [5.74, 6) is 10.2. The Morgan fingerprint density at radius 3 is 1.40 bits per heavy atom. The molecule has 1 aromatic rings. The summed E-state index contributed by atoms with van der Waals surface area (Å²) in [6, 6.07) is 10.6. The summed E-state index contributed by atoms with van der Waals surface area (Å²) >= 11 is 0. The first-order valence-corrected chi connectivity index (χ1v) is 11.8. The maximum atomic E-state index is 3.58. The lowest BCUT2D eigenvalue weighted by atomic mass is 10.3. The van der Waals surface area contributed by atoms with Gasteiger partial charge >= 0.3 is 8.07 Å². The van der Waals surface area contributed by atoms with Crippen molar-refractivity contribution >= 4 is 13.3 Å². The van der Waals surface area contributed by atoms with Gasteiger partial charge in [-0.2, -0.15) is 0 Å². The molecule has 0 radical (unpaired) electrons. The van der Waals surface area contributed by atoms with Gasteiger partial charge in [0.1, 0.15) is 0 Å². The molecule has 0 saturated heterocycles. The fraction of sp³-hybridized carbons (Fsp3) is 0.500. The predicted octanol–water partition coefficient (Wildman–Crippen LogP) is 5.54. The summed E-state index contributed by atoms with van der Waals surface area (Å²) in [5, 5.41) is 1.24. The van der Waals surface area contributed by atoms with Crippen LogP contribution in [0.4, 0.5) is 0 Å². The number of rotatable bonds is 7. The van der Waals surface area contributed by atoms with Crippen LogP contribution in [0.25, 0.3) is 0 Å². The van der Waals surface area contributed by atoms with Gasteiger partial charge in [0.15, 0.2) is 0 Å². The minimum atomic E-state index is -2.40. The van der Waals surface area contributed by atoms with Crippen LogP contribution in [0.15, 0.2) is 30.3 Å². The summed E-state index contributed by atoms with van der Waals surface area (Å²) in [7, 11) is -2.40. The first kappa shape index (κ1) is 21.2. The Bertz CT molecular complexity index is 588. The topological polar surface area (TPSA) is 0 Å². The average Bonchev–Trinajstić information content (AvgIpc) is 2.66. The molecule has 0 saturated carbocycles. The van der Waals surface area contributed by atoms with Crippen molar-refractivity contribution in [2.24, 2.45) is 0 Å². The first-order chi connectivity index (χ1) is 12.3. The molecular formula is C24H32Si. The second-order valence-corrected chi connectivity index (χ2v) is 9.16. The lowest BCUT2D eigenvalue weighted by Gasteiger charge is -2.13. The van der Waals surface area contributed by atoms with Crippen molar-refractivity contribution in [2.75, 3.05) is 0 Å². The monoisotopic (exact) mass is 348 g/mol. The third-order valence-electron chi connectivity index (χ3n) is 4.00. The molecule has 0 spiro atoms. The SMILES string of the molecule is CCCCC#C[Si](C#CCCCC)(C#CCCCC)c1ccccc1. The van der Waals surface area contributed by atoms with Gasteiger partial charge in [-0.05, 0) is 24.4 Å². The molecule has 1 heteroatoms. The molecule has 0 fully saturated rings. The fourth-order valence-electron chi connectivity index (χ4n) is 2.38. The quantitative estimate of drug-likeness (QED) is 0.345. The summed E-state index contributed by atoms with van der Waals surface area (Å²) in [6.07, 6.45) is 9.84. The Kier molecular flexibility index (Phi) is 11.4. The second-order valence-electron chi connectivity index (χ2n) is 6.33. The maximum absolute atomic E-state index is 3.58. The highest BCUT2D eigenvalue weighted by Crippen LogP contribution is 2.04. The minimum absolute atomic E-state index is 0.950. The molecule has 1 aromatic carbocycles. The van der Waals surface area contributed by atoms with Crippen LogP contribution in [0.3, 0.4) is 0 Å². The Morgan fingerprint density at radius 1 is 0.640 bits per heavy atom. The summed E-state index contributed by atoms with van der Waals surface area (Å²) in [4.78, 5) is 0. The standard InChI is InChI=1S/C24H32Si/c1-4-7-10-16-21-25(22-17-11-8-5-2,23-18-12-9-6-3)24-19-14-13-15-20-24/h13-15,19-20H,4-12H2,1-3H3. The molecule has 0 amide bonds. The molecule has 0 atom stereocenters. The molecule has 25 heavy (non-hydrogen) atoms. The average molecular weight is 349 g/mol. The zero-order valence-corrected chi connectivity index (χ0v) is 17.3. The van der Waals surface area contributed by atoms with E-state index in [4.69, 9.17) is 0 Å². The first-order valence-electron chi connectivity index (χ1n) is 9.84. The van der Waals surface area contributed by atoms with Crippen LogP contribution in [0.5, 0.6) is 0 Å². The van der Waals surface area contributed by atoms with Crippen LogP contribution in [0.2, 0.25) is 0 Å². The van der Waals surface area contributed by atoms with Crippen molar-refractivity contribution < 1.29 is 0 Å². The number of unbranched alkanes of at least 4 members (excludes halogenated alkanes) is 6. The molecule has 0 aliphatic heterocycles. The lowest BCUT2D eigenvalue weighted by molar-refractivity contribution is 0.828. The third-order valence-corrected chi connectivity index (χ3v) is 6.86. The predicted molar refractivity (Wildman–Crippen MR) is 114 cm³/mol. The number of hydrogen-bond donors (Lipinski definition) is 0. The summed E-state index contributed by atoms with van der Waals surface area (Å²) in [6.45, 7) is 6.62. The zero-order chi connectivity index (χ0) is 18.2. The van der Waals surface area contributed by atoms with Gasteiger partial charge in [-0.1, -0.05) is 87.0 Å². The van der Waals surface area contributed by atoms with E-state index >= 15 is 0 Å². The molecular weight excluding hydrogens is 316 g/mol. The molecule has 0 aliphatic carbocycles. The van der Waals surface area contributed by atoms with Crippen molar-refractivity contribution in [1.29, 1.82) is 0 Å². The van der Waals surface area contributed by atoms with E-state index in [1.54, 1.807) is 0 Å². The van der Waals surface area contributed by atoms with E-state index in [9.17, 15) is 0 Å². The van der Waals surface area contributed by atoms with E-state index in [0.717, 1.165) is 38.5 Å². The highest BCUT2D eigenvalue weighted by atomic mass is 28.3. The maximum Gasteiger partial charge on any atom is 0.321 e. The van der Waals surface area contributed by atoms with E-state index < -0.39 is 8.07 Å². The van der Waals surface area contributed by atoms with Gasteiger partial charge in [0.2, 0.25) is 0 Å². The van der Waals surface area contributed by atoms with Crippen molar-refractivity contribution in [3.63, 3.8) is 0 Å². The van der Waals surface area contributed by atoms with E-state index in [2.05, 4.69) is 85.5 Å². The Hall–Kier alpha value is -1.88. The zero-order valence-electron chi connectivity index (χ0n) is 16.3. The molecule has 0 aliphatic rings. The highest BCUT2D eigenvalue weighted by Gasteiger charge is 2.30. The van der Waals surface area contributed by atoms with E-state index in [1.165, 1.54) is 24.4 Å². The van der Waals surface area contributed by atoms with Gasteiger partial charge in [0, 0.05) is 19.3 Å². The van der Waals surface area contributed by atoms with E-state index in [-0.39, 0.29) is 0 Å². The molecule has 0 heterocycles. The van der Waals surface area contributed by atoms with Crippen LogP contribution >= 0.6 is 0 Å². The molecule has 1 rings (SSSR count). The van der Waals surface area contributed by atoms with Crippen LogP contribution in [-0.2, 0) is 0 Å². The van der Waals surface area contributed by atoms with Gasteiger partial charge in [-0.15, -0.1) is 17.8 Å². The largest absolute Gasteiger partial charge is 0.321 e. The molecule has 132 valence electrons. The molecule has 0 unspecified atom stereocenters. The minimum Gasteiger partial charge on any atom is -0.108 e. The normalized spacial score (nSPS) is 9.88. The Balaban J connectivity index is 3.25. The highest BCUT2D eigenvalue weighted by molar-refractivity contribution is 7.10. The number of hydrogen-bond acceptors (Lipinski definition) is 0. The summed E-state index contributed by atoms with van der Waals surface area (Å²) < 4.78 is 0. The Morgan fingerprint density at radius 2 is 1.04 bits per heavy atom.